The van der Waals surface area contributed by atoms with Crippen LogP contribution < -0.4 is 10.2 Å². The fraction of sp³-hybridized carbons (Fsp3) is 0.118. The van der Waals surface area contributed by atoms with Gasteiger partial charge in [-0.25, -0.2) is 4.98 Å². The predicted molar refractivity (Wildman–Crippen MR) is 94.2 cm³/mol. The predicted octanol–water partition coefficient (Wildman–Crippen LogP) is 4.05. The van der Waals surface area contributed by atoms with Crippen molar-refractivity contribution in [2.45, 2.75) is 6.92 Å². The fourth-order valence-electron chi connectivity index (χ4n) is 2.00. The van der Waals surface area contributed by atoms with E-state index < -0.39 is 0 Å². The third-order valence-corrected chi connectivity index (χ3v) is 4.04. The average Bonchev–Trinajstić information content (AvgIpc) is 3.09. The van der Waals surface area contributed by atoms with Gasteiger partial charge < -0.3 is 4.74 Å². The zero-order valence-corrected chi connectivity index (χ0v) is 13.7. The highest BCUT2D eigenvalue weighted by molar-refractivity contribution is 7.14. The monoisotopic (exact) mass is 324 g/mol. The van der Waals surface area contributed by atoms with Gasteiger partial charge in [0.15, 0.2) is 0 Å². The summed E-state index contributed by atoms with van der Waals surface area (Å²) in [5.74, 6) is 0.829. The van der Waals surface area contributed by atoms with Gasteiger partial charge in [-0.05, 0) is 48.9 Å². The molecule has 0 aliphatic heterocycles. The number of nitrogens with one attached hydrogen (secondary N) is 1. The number of methoxy groups -OCH3 is 1. The van der Waals surface area contributed by atoms with Crippen LogP contribution in [-0.4, -0.2) is 22.8 Å². The number of hydrazone groups is 1. The molecule has 0 unspecified atom stereocenters. The fourth-order valence-corrected chi connectivity index (χ4v) is 2.66. The van der Waals surface area contributed by atoms with Gasteiger partial charge in [0.2, 0.25) is 5.13 Å². The van der Waals surface area contributed by atoms with Gasteiger partial charge in [0.05, 0.1) is 18.5 Å². The van der Waals surface area contributed by atoms with E-state index in [1.54, 1.807) is 19.5 Å². The van der Waals surface area contributed by atoms with Crippen LogP contribution >= 0.6 is 11.3 Å². The topological polar surface area (TPSA) is 59.4 Å². The molecule has 0 saturated heterocycles. The number of aromatic nitrogens is 2. The van der Waals surface area contributed by atoms with Crippen molar-refractivity contribution in [3.05, 3.63) is 59.7 Å². The van der Waals surface area contributed by atoms with Crippen LogP contribution in [0.3, 0.4) is 0 Å². The Labute approximate surface area is 138 Å². The van der Waals surface area contributed by atoms with Gasteiger partial charge in [0.1, 0.15) is 5.75 Å². The summed E-state index contributed by atoms with van der Waals surface area (Å²) in [7, 11) is 1.65. The van der Waals surface area contributed by atoms with Crippen molar-refractivity contribution in [2.75, 3.05) is 12.5 Å². The average molecular weight is 324 g/mol. The van der Waals surface area contributed by atoms with Gasteiger partial charge in [0.25, 0.3) is 0 Å². The third-order valence-electron chi connectivity index (χ3n) is 3.29. The molecule has 0 spiro atoms. The molecule has 0 atom stereocenters. The summed E-state index contributed by atoms with van der Waals surface area (Å²) in [5, 5.41) is 7.12. The van der Waals surface area contributed by atoms with Crippen LogP contribution in [-0.2, 0) is 0 Å². The quantitative estimate of drug-likeness (QED) is 0.568. The van der Waals surface area contributed by atoms with Crippen molar-refractivity contribution in [1.29, 1.82) is 0 Å². The van der Waals surface area contributed by atoms with Crippen molar-refractivity contribution < 1.29 is 4.74 Å². The van der Waals surface area contributed by atoms with E-state index in [9.17, 15) is 0 Å². The van der Waals surface area contributed by atoms with Crippen molar-refractivity contribution in [3.8, 4) is 17.0 Å². The molecule has 0 aliphatic rings. The van der Waals surface area contributed by atoms with Crippen LogP contribution in [0.2, 0.25) is 0 Å². The molecule has 0 amide bonds. The molecule has 23 heavy (non-hydrogen) atoms. The minimum atomic E-state index is 0.747. The Balaban J connectivity index is 1.70. The number of pyridine rings is 1. The first kappa shape index (κ1) is 15.2. The molecule has 3 rings (SSSR count). The van der Waals surface area contributed by atoms with Crippen molar-refractivity contribution in [3.63, 3.8) is 0 Å². The Hall–Kier alpha value is -2.73. The maximum absolute atomic E-state index is 5.15. The first-order chi connectivity index (χ1) is 11.3. The first-order valence-corrected chi connectivity index (χ1v) is 7.95. The van der Waals surface area contributed by atoms with Crippen LogP contribution in [0.5, 0.6) is 5.75 Å². The summed E-state index contributed by atoms with van der Waals surface area (Å²) in [6, 6.07) is 11.7. The Kier molecular flexibility index (Phi) is 4.63. The standard InChI is InChI=1S/C17H16N4OS/c1-12(13-5-7-15(22-2)8-6-13)20-21-17-19-16(11-23-17)14-4-3-9-18-10-14/h3-11H,1-2H3,(H,19,21)/b20-12+. The van der Waals surface area contributed by atoms with Gasteiger partial charge >= 0.3 is 0 Å². The van der Waals surface area contributed by atoms with E-state index in [0.717, 1.165) is 33.4 Å². The van der Waals surface area contributed by atoms with E-state index in [1.165, 1.54) is 11.3 Å². The molecular formula is C17H16N4OS. The number of rotatable bonds is 5. The van der Waals surface area contributed by atoms with Gasteiger partial charge in [-0.15, -0.1) is 11.3 Å². The molecule has 1 N–H and O–H groups in total. The van der Waals surface area contributed by atoms with Gasteiger partial charge in [-0.3, -0.25) is 10.4 Å². The summed E-state index contributed by atoms with van der Waals surface area (Å²) < 4.78 is 5.15. The second kappa shape index (κ2) is 7.02. The Morgan fingerprint density at radius 1 is 1.22 bits per heavy atom. The van der Waals surface area contributed by atoms with Crippen LogP contribution in [0, 0.1) is 0 Å². The van der Waals surface area contributed by atoms with Crippen LogP contribution in [0.25, 0.3) is 11.3 Å². The third kappa shape index (κ3) is 3.73. The summed E-state index contributed by atoms with van der Waals surface area (Å²) >= 11 is 1.51. The molecule has 5 nitrogen and oxygen atoms in total. The van der Waals surface area contributed by atoms with Gasteiger partial charge in [-0.1, -0.05) is 0 Å². The Morgan fingerprint density at radius 2 is 2.04 bits per heavy atom. The molecule has 116 valence electrons. The lowest BCUT2D eigenvalue weighted by atomic mass is 10.1. The number of hydrogen-bond acceptors (Lipinski definition) is 6. The molecule has 2 aromatic heterocycles. The van der Waals surface area contributed by atoms with Crippen LogP contribution in [0.15, 0.2) is 59.3 Å². The molecule has 2 heterocycles. The van der Waals surface area contributed by atoms with E-state index >= 15 is 0 Å². The number of anilines is 1. The van der Waals surface area contributed by atoms with Crippen molar-refractivity contribution >= 4 is 22.2 Å². The molecule has 3 aromatic rings. The second-order valence-electron chi connectivity index (χ2n) is 4.82. The second-order valence-corrected chi connectivity index (χ2v) is 5.68. The molecule has 0 fully saturated rings. The first-order valence-electron chi connectivity index (χ1n) is 7.07. The minimum absolute atomic E-state index is 0.747. The Bertz CT molecular complexity index is 797. The van der Waals surface area contributed by atoms with Crippen LogP contribution in [0.4, 0.5) is 5.13 Å². The van der Waals surface area contributed by atoms with Gasteiger partial charge in [-0.2, -0.15) is 5.10 Å². The molecule has 0 bridgehead atoms. The number of thiazole rings is 1. The number of benzene rings is 1. The summed E-state index contributed by atoms with van der Waals surface area (Å²) in [6.45, 7) is 1.95. The minimum Gasteiger partial charge on any atom is -0.497 e. The van der Waals surface area contributed by atoms with Crippen molar-refractivity contribution in [2.24, 2.45) is 5.10 Å². The van der Waals surface area contributed by atoms with E-state index in [4.69, 9.17) is 4.74 Å². The zero-order valence-electron chi connectivity index (χ0n) is 12.9. The lowest BCUT2D eigenvalue weighted by molar-refractivity contribution is 0.415. The SMILES string of the molecule is COc1ccc(/C(C)=N/Nc2nc(-c3cccnc3)cs2)cc1. The summed E-state index contributed by atoms with van der Waals surface area (Å²) in [5.41, 5.74) is 6.80. The summed E-state index contributed by atoms with van der Waals surface area (Å²) in [4.78, 5) is 8.62. The maximum Gasteiger partial charge on any atom is 0.203 e. The summed E-state index contributed by atoms with van der Waals surface area (Å²) in [6.07, 6.45) is 3.54. The van der Waals surface area contributed by atoms with E-state index in [1.807, 2.05) is 48.7 Å². The Morgan fingerprint density at radius 3 is 2.74 bits per heavy atom. The number of hydrogen-bond donors (Lipinski definition) is 1. The smallest absolute Gasteiger partial charge is 0.203 e. The number of nitrogens with zero attached hydrogens (tertiary/aromatic N) is 3. The van der Waals surface area contributed by atoms with Gasteiger partial charge in [0, 0.05) is 23.3 Å². The highest BCUT2D eigenvalue weighted by Crippen LogP contribution is 2.24. The molecule has 0 saturated carbocycles. The molecule has 0 radical (unpaired) electrons. The molecule has 1 aromatic carbocycles. The zero-order chi connectivity index (χ0) is 16.1. The molecule has 0 aliphatic carbocycles. The van der Waals surface area contributed by atoms with Crippen LogP contribution in [0.1, 0.15) is 12.5 Å². The van der Waals surface area contributed by atoms with Crippen molar-refractivity contribution in [1.82, 2.24) is 9.97 Å². The highest BCUT2D eigenvalue weighted by atomic mass is 32.1. The lowest BCUT2D eigenvalue weighted by Crippen LogP contribution is -1.99. The molecular weight excluding hydrogens is 308 g/mol. The number of ether oxygens (including phenoxy) is 1. The lowest BCUT2D eigenvalue weighted by Gasteiger charge is -2.03. The highest BCUT2D eigenvalue weighted by Gasteiger charge is 2.04. The largest absolute Gasteiger partial charge is 0.497 e. The normalized spacial score (nSPS) is 11.3. The maximum atomic E-state index is 5.15. The van der Waals surface area contributed by atoms with E-state index in [0.29, 0.717) is 0 Å². The van der Waals surface area contributed by atoms with E-state index in [2.05, 4.69) is 20.5 Å². The van der Waals surface area contributed by atoms with E-state index in [-0.39, 0.29) is 0 Å². The molecule has 6 heteroatoms.